The Morgan fingerprint density at radius 3 is 2.45 bits per heavy atom. The molecule has 4 heteroatoms. The topological polar surface area (TPSA) is 64.9 Å². The van der Waals surface area contributed by atoms with Gasteiger partial charge in [-0.3, -0.25) is 0 Å². The molecule has 3 rings (SSSR count). The molecule has 112 valence electrons. The Bertz CT molecular complexity index is 437. The molecule has 20 heavy (non-hydrogen) atoms. The monoisotopic (exact) mass is 277 g/mol. The Morgan fingerprint density at radius 2 is 1.75 bits per heavy atom. The van der Waals surface area contributed by atoms with Crippen molar-refractivity contribution in [1.82, 2.24) is 10.1 Å². The van der Waals surface area contributed by atoms with Crippen LogP contribution in [0.15, 0.2) is 4.52 Å². The van der Waals surface area contributed by atoms with E-state index in [2.05, 4.69) is 12.1 Å². The van der Waals surface area contributed by atoms with Gasteiger partial charge in [-0.15, -0.1) is 0 Å². The van der Waals surface area contributed by atoms with Gasteiger partial charge in [0.05, 0.1) is 5.41 Å². The summed E-state index contributed by atoms with van der Waals surface area (Å²) in [5.74, 6) is 2.21. The Kier molecular flexibility index (Phi) is 4.11. The Morgan fingerprint density at radius 1 is 1.05 bits per heavy atom. The van der Waals surface area contributed by atoms with E-state index in [0.29, 0.717) is 5.92 Å². The van der Waals surface area contributed by atoms with Crippen LogP contribution in [-0.2, 0) is 5.41 Å². The second-order valence-corrected chi connectivity index (χ2v) is 6.92. The highest BCUT2D eigenvalue weighted by Crippen LogP contribution is 2.38. The van der Waals surface area contributed by atoms with E-state index in [9.17, 15) is 0 Å². The highest BCUT2D eigenvalue weighted by atomic mass is 16.5. The Balaban J connectivity index is 1.78. The first kappa shape index (κ1) is 14.1. The van der Waals surface area contributed by atoms with Crippen LogP contribution < -0.4 is 5.73 Å². The van der Waals surface area contributed by atoms with Crippen LogP contribution in [0.25, 0.3) is 0 Å². The molecule has 2 unspecified atom stereocenters. The first-order valence-corrected chi connectivity index (χ1v) is 8.30. The first-order valence-electron chi connectivity index (χ1n) is 8.30. The fourth-order valence-electron chi connectivity index (χ4n) is 3.80. The molecule has 0 spiro atoms. The SMILES string of the molecule is CC1(c2nc(C3CCCCCC3)no2)CCCCC1N. The molecule has 0 radical (unpaired) electrons. The number of rotatable bonds is 2. The van der Waals surface area contributed by atoms with Crippen molar-refractivity contribution in [2.24, 2.45) is 5.73 Å². The summed E-state index contributed by atoms with van der Waals surface area (Å²) in [4.78, 5) is 4.76. The first-order chi connectivity index (χ1) is 9.70. The maximum Gasteiger partial charge on any atom is 0.234 e. The zero-order valence-electron chi connectivity index (χ0n) is 12.6. The second-order valence-electron chi connectivity index (χ2n) is 6.92. The minimum absolute atomic E-state index is 0.117. The van der Waals surface area contributed by atoms with Gasteiger partial charge in [-0.2, -0.15) is 4.98 Å². The molecule has 1 aromatic rings. The molecule has 0 aromatic carbocycles. The molecule has 2 aliphatic carbocycles. The van der Waals surface area contributed by atoms with Crippen molar-refractivity contribution in [3.8, 4) is 0 Å². The molecule has 2 atom stereocenters. The van der Waals surface area contributed by atoms with Gasteiger partial charge in [0.1, 0.15) is 0 Å². The average Bonchev–Trinajstić information content (AvgIpc) is 2.79. The maximum atomic E-state index is 6.33. The summed E-state index contributed by atoms with van der Waals surface area (Å²) in [5, 5.41) is 4.29. The molecule has 4 nitrogen and oxygen atoms in total. The highest BCUT2D eigenvalue weighted by molar-refractivity contribution is 5.11. The quantitative estimate of drug-likeness (QED) is 0.838. The van der Waals surface area contributed by atoms with Gasteiger partial charge in [-0.25, -0.2) is 0 Å². The molecular weight excluding hydrogens is 250 g/mol. The molecular formula is C16H27N3O. The normalized spacial score (nSPS) is 33.0. The van der Waals surface area contributed by atoms with E-state index in [-0.39, 0.29) is 11.5 Å². The molecule has 0 aliphatic heterocycles. The van der Waals surface area contributed by atoms with E-state index in [1.54, 1.807) is 0 Å². The van der Waals surface area contributed by atoms with Gasteiger partial charge < -0.3 is 10.3 Å². The van der Waals surface area contributed by atoms with Crippen LogP contribution in [0.4, 0.5) is 0 Å². The predicted octanol–water partition coefficient (Wildman–Crippen LogP) is 3.67. The van der Waals surface area contributed by atoms with Crippen LogP contribution in [0.2, 0.25) is 0 Å². The summed E-state index contributed by atoms with van der Waals surface area (Å²) < 4.78 is 5.63. The van der Waals surface area contributed by atoms with Crippen molar-refractivity contribution >= 4 is 0 Å². The minimum atomic E-state index is -0.117. The van der Waals surface area contributed by atoms with Gasteiger partial charge >= 0.3 is 0 Å². The molecule has 0 saturated heterocycles. The summed E-state index contributed by atoms with van der Waals surface area (Å²) in [6.07, 6.45) is 12.3. The number of nitrogens with two attached hydrogens (primary N) is 1. The van der Waals surface area contributed by atoms with E-state index in [1.807, 2.05) is 0 Å². The van der Waals surface area contributed by atoms with Crippen LogP contribution in [0.3, 0.4) is 0 Å². The molecule has 1 heterocycles. The van der Waals surface area contributed by atoms with Gasteiger partial charge in [-0.1, -0.05) is 43.7 Å². The van der Waals surface area contributed by atoms with Crippen LogP contribution in [0.1, 0.15) is 88.8 Å². The third kappa shape index (κ3) is 2.62. The third-order valence-corrected chi connectivity index (χ3v) is 5.43. The number of nitrogens with zero attached hydrogens (tertiary/aromatic N) is 2. The van der Waals surface area contributed by atoms with Crippen LogP contribution in [-0.4, -0.2) is 16.2 Å². The number of hydrogen-bond donors (Lipinski definition) is 1. The Labute approximate surface area is 121 Å². The zero-order chi connectivity index (χ0) is 14.0. The standard InChI is InChI=1S/C16H27N3O/c1-16(11-7-6-10-13(16)17)15-18-14(19-20-15)12-8-4-2-3-5-9-12/h12-13H,2-11,17H2,1H3. The second kappa shape index (κ2) is 5.84. The lowest BCUT2D eigenvalue weighted by molar-refractivity contribution is 0.202. The largest absolute Gasteiger partial charge is 0.339 e. The summed E-state index contributed by atoms with van der Waals surface area (Å²) in [7, 11) is 0. The summed E-state index contributed by atoms with van der Waals surface area (Å²) in [5.41, 5.74) is 6.21. The summed E-state index contributed by atoms with van der Waals surface area (Å²) in [6, 6.07) is 0.152. The van der Waals surface area contributed by atoms with Crippen molar-refractivity contribution in [2.45, 2.75) is 88.5 Å². The van der Waals surface area contributed by atoms with Gasteiger partial charge in [0.25, 0.3) is 0 Å². The van der Waals surface area contributed by atoms with Crippen molar-refractivity contribution in [1.29, 1.82) is 0 Å². The lowest BCUT2D eigenvalue weighted by Gasteiger charge is -2.35. The van der Waals surface area contributed by atoms with Gasteiger partial charge in [0, 0.05) is 12.0 Å². The van der Waals surface area contributed by atoms with Crippen LogP contribution >= 0.6 is 0 Å². The molecule has 0 amide bonds. The maximum absolute atomic E-state index is 6.33. The van der Waals surface area contributed by atoms with E-state index in [4.69, 9.17) is 15.2 Å². The molecule has 2 N–H and O–H groups in total. The number of aromatic nitrogens is 2. The fourth-order valence-corrected chi connectivity index (χ4v) is 3.80. The van der Waals surface area contributed by atoms with E-state index in [1.165, 1.54) is 51.4 Å². The predicted molar refractivity (Wildman–Crippen MR) is 78.5 cm³/mol. The van der Waals surface area contributed by atoms with Gasteiger partial charge in [-0.05, 0) is 32.6 Å². The average molecular weight is 277 g/mol. The number of hydrogen-bond acceptors (Lipinski definition) is 4. The van der Waals surface area contributed by atoms with Crippen molar-refractivity contribution in [3.63, 3.8) is 0 Å². The summed E-state index contributed by atoms with van der Waals surface area (Å²) in [6.45, 7) is 2.20. The van der Waals surface area contributed by atoms with Crippen molar-refractivity contribution < 1.29 is 4.52 Å². The minimum Gasteiger partial charge on any atom is -0.339 e. The Hall–Kier alpha value is -0.900. The smallest absolute Gasteiger partial charge is 0.234 e. The fraction of sp³-hybridized carbons (Fsp3) is 0.875. The summed E-state index contributed by atoms with van der Waals surface area (Å²) >= 11 is 0. The van der Waals surface area contributed by atoms with E-state index >= 15 is 0 Å². The highest BCUT2D eigenvalue weighted by Gasteiger charge is 2.41. The van der Waals surface area contributed by atoms with Gasteiger partial charge in [0.15, 0.2) is 5.82 Å². The lowest BCUT2D eigenvalue weighted by Crippen LogP contribution is -2.45. The molecule has 2 aliphatic rings. The van der Waals surface area contributed by atoms with Crippen molar-refractivity contribution in [2.75, 3.05) is 0 Å². The third-order valence-electron chi connectivity index (χ3n) is 5.43. The molecule has 0 bridgehead atoms. The van der Waals surface area contributed by atoms with Gasteiger partial charge in [0.2, 0.25) is 5.89 Å². The lowest BCUT2D eigenvalue weighted by atomic mass is 9.72. The zero-order valence-corrected chi connectivity index (χ0v) is 12.6. The van der Waals surface area contributed by atoms with E-state index < -0.39 is 0 Å². The molecule has 1 aromatic heterocycles. The van der Waals surface area contributed by atoms with Crippen LogP contribution in [0, 0.1) is 0 Å². The van der Waals surface area contributed by atoms with Crippen molar-refractivity contribution in [3.05, 3.63) is 11.7 Å². The van der Waals surface area contributed by atoms with Crippen LogP contribution in [0.5, 0.6) is 0 Å². The van der Waals surface area contributed by atoms with E-state index in [0.717, 1.165) is 24.6 Å². The molecule has 2 saturated carbocycles. The molecule has 2 fully saturated rings.